The summed E-state index contributed by atoms with van der Waals surface area (Å²) in [5.74, 6) is -0.0292. The Balaban J connectivity index is 0.00000338. The molecule has 1 saturated heterocycles. The van der Waals surface area contributed by atoms with Crippen LogP contribution in [0.15, 0.2) is 23.1 Å². The van der Waals surface area contributed by atoms with Crippen molar-refractivity contribution in [1.29, 1.82) is 0 Å². The molecule has 0 saturated carbocycles. The van der Waals surface area contributed by atoms with Gasteiger partial charge in [0.2, 0.25) is 11.8 Å². The van der Waals surface area contributed by atoms with Crippen LogP contribution in [0.3, 0.4) is 0 Å². The zero-order chi connectivity index (χ0) is 18.4. The van der Waals surface area contributed by atoms with E-state index in [0.29, 0.717) is 23.9 Å². The Labute approximate surface area is 162 Å². The van der Waals surface area contributed by atoms with E-state index in [9.17, 15) is 19.7 Å². The molecule has 0 aromatic heterocycles. The summed E-state index contributed by atoms with van der Waals surface area (Å²) in [5.41, 5.74) is 5.02. The molecule has 0 unspecified atom stereocenters. The molecule has 0 atom stereocenters. The summed E-state index contributed by atoms with van der Waals surface area (Å²) in [5, 5.41) is 14.3. The van der Waals surface area contributed by atoms with Crippen molar-refractivity contribution >= 4 is 41.7 Å². The molecule has 0 aliphatic carbocycles. The molecule has 144 valence electrons. The van der Waals surface area contributed by atoms with Gasteiger partial charge in [0.05, 0.1) is 15.6 Å². The fraction of sp³-hybridized carbons (Fsp3) is 0.500. The van der Waals surface area contributed by atoms with Crippen molar-refractivity contribution in [1.82, 2.24) is 10.2 Å². The number of rotatable bonds is 7. The van der Waals surface area contributed by atoms with Crippen molar-refractivity contribution in [2.75, 3.05) is 32.4 Å². The highest BCUT2D eigenvalue weighted by atomic mass is 35.5. The first kappa shape index (κ1) is 22.2. The average Bonchev–Trinajstić information content (AvgIpc) is 2.60. The predicted molar refractivity (Wildman–Crippen MR) is 103 cm³/mol. The molecule has 10 heteroatoms. The number of carbonyl (C=O) groups excluding carboxylic acids is 2. The second-order valence-electron chi connectivity index (χ2n) is 5.97. The number of hydrogen-bond donors (Lipinski definition) is 2. The lowest BCUT2D eigenvalue weighted by Gasteiger charge is -2.31. The summed E-state index contributed by atoms with van der Waals surface area (Å²) in [6.07, 6.45) is 1.93. The van der Waals surface area contributed by atoms with Crippen LogP contribution in [0.25, 0.3) is 0 Å². The Morgan fingerprint density at radius 1 is 1.38 bits per heavy atom. The van der Waals surface area contributed by atoms with Crippen LogP contribution < -0.4 is 11.1 Å². The van der Waals surface area contributed by atoms with Gasteiger partial charge in [0.25, 0.3) is 5.69 Å². The topological polar surface area (TPSA) is 119 Å². The van der Waals surface area contributed by atoms with Gasteiger partial charge in [-0.05, 0) is 44.5 Å². The number of likely N-dealkylation sites (tertiary alicyclic amines) is 1. The Morgan fingerprint density at radius 2 is 2.04 bits per heavy atom. The number of hydrogen-bond acceptors (Lipinski definition) is 6. The minimum absolute atomic E-state index is 0. The molecule has 2 rings (SSSR count). The lowest BCUT2D eigenvalue weighted by atomic mass is 9.97. The summed E-state index contributed by atoms with van der Waals surface area (Å²) in [7, 11) is 1.92. The van der Waals surface area contributed by atoms with Gasteiger partial charge in [-0.25, -0.2) is 0 Å². The molecule has 0 radical (unpaired) electrons. The van der Waals surface area contributed by atoms with E-state index in [1.54, 1.807) is 0 Å². The average molecular weight is 403 g/mol. The fourth-order valence-corrected chi connectivity index (χ4v) is 3.75. The number of amides is 2. The molecule has 0 bridgehead atoms. The highest BCUT2D eigenvalue weighted by Crippen LogP contribution is 2.30. The van der Waals surface area contributed by atoms with E-state index in [1.807, 2.05) is 11.9 Å². The fourth-order valence-electron chi connectivity index (χ4n) is 2.84. The molecule has 1 aliphatic heterocycles. The first-order valence-electron chi connectivity index (χ1n) is 8.05. The summed E-state index contributed by atoms with van der Waals surface area (Å²) >= 11 is 1.11. The van der Waals surface area contributed by atoms with Crippen LogP contribution in [-0.4, -0.2) is 54.1 Å². The smallest absolute Gasteiger partial charge is 0.283 e. The van der Waals surface area contributed by atoms with Crippen molar-refractivity contribution in [2.24, 2.45) is 11.7 Å². The normalized spacial score (nSPS) is 14.6. The first-order valence-corrected chi connectivity index (χ1v) is 9.04. The largest absolute Gasteiger partial charge is 0.366 e. The Hall–Kier alpha value is -1.84. The van der Waals surface area contributed by atoms with Crippen molar-refractivity contribution in [3.8, 4) is 0 Å². The highest BCUT2D eigenvalue weighted by molar-refractivity contribution is 8.00. The molecule has 26 heavy (non-hydrogen) atoms. The standard InChI is InChI=1S/C16H22N4O4S.ClH/c1-18-9-11-4-6-19(7-5-11)15(21)10-25-14-3-2-12(16(17)22)8-13(14)20(23)24;/h2-3,8,11,18H,4-7,9-10H2,1H3,(H2,17,22);1H. The second kappa shape index (κ2) is 10.3. The maximum atomic E-state index is 12.3. The molecule has 1 aromatic carbocycles. The zero-order valence-electron chi connectivity index (χ0n) is 14.5. The van der Waals surface area contributed by atoms with Crippen LogP contribution in [0.1, 0.15) is 23.2 Å². The number of carbonyl (C=O) groups is 2. The molecule has 3 N–H and O–H groups in total. The Kier molecular flexibility index (Phi) is 8.83. The number of nitrogens with zero attached hydrogens (tertiary/aromatic N) is 2. The summed E-state index contributed by atoms with van der Waals surface area (Å²) < 4.78 is 0. The number of benzene rings is 1. The molecule has 1 fully saturated rings. The van der Waals surface area contributed by atoms with Gasteiger partial charge in [-0.2, -0.15) is 0 Å². The van der Waals surface area contributed by atoms with Gasteiger partial charge < -0.3 is 16.0 Å². The SMILES string of the molecule is CNCC1CCN(C(=O)CSc2ccc(C(N)=O)cc2[N+](=O)[O-])CC1.Cl. The van der Waals surface area contributed by atoms with Gasteiger partial charge >= 0.3 is 0 Å². The predicted octanol–water partition coefficient (Wildman–Crippen LogP) is 1.67. The number of halogens is 1. The van der Waals surface area contributed by atoms with Crippen LogP contribution in [0, 0.1) is 16.0 Å². The van der Waals surface area contributed by atoms with Crippen molar-refractivity contribution in [3.63, 3.8) is 0 Å². The van der Waals surface area contributed by atoms with E-state index >= 15 is 0 Å². The van der Waals surface area contributed by atoms with Crippen LogP contribution in [0.2, 0.25) is 0 Å². The lowest BCUT2D eigenvalue weighted by molar-refractivity contribution is -0.387. The number of piperidine rings is 1. The molecule has 1 aromatic rings. The monoisotopic (exact) mass is 402 g/mol. The summed E-state index contributed by atoms with van der Waals surface area (Å²) in [6, 6.07) is 4.05. The van der Waals surface area contributed by atoms with E-state index in [-0.39, 0.29) is 35.3 Å². The molecule has 0 spiro atoms. The molecule has 8 nitrogen and oxygen atoms in total. The molecule has 1 heterocycles. The van der Waals surface area contributed by atoms with Crippen molar-refractivity contribution < 1.29 is 14.5 Å². The molecule has 2 amide bonds. The van der Waals surface area contributed by atoms with E-state index in [0.717, 1.165) is 37.2 Å². The number of nitro groups is 1. The van der Waals surface area contributed by atoms with Gasteiger partial charge in [-0.3, -0.25) is 19.7 Å². The molecule has 1 aliphatic rings. The number of thioether (sulfide) groups is 1. The van der Waals surface area contributed by atoms with E-state index in [2.05, 4.69) is 5.32 Å². The summed E-state index contributed by atoms with van der Waals surface area (Å²) in [4.78, 5) is 36.3. The third-order valence-corrected chi connectivity index (χ3v) is 5.30. The van der Waals surface area contributed by atoms with Gasteiger partial charge in [-0.1, -0.05) is 0 Å². The lowest BCUT2D eigenvalue weighted by Crippen LogP contribution is -2.41. The first-order chi connectivity index (χ1) is 11.9. The number of nitrogens with two attached hydrogens (primary N) is 1. The van der Waals surface area contributed by atoms with Gasteiger partial charge in [0, 0.05) is 24.7 Å². The van der Waals surface area contributed by atoms with Crippen molar-refractivity contribution in [2.45, 2.75) is 17.7 Å². The number of nitro benzene ring substituents is 1. The minimum atomic E-state index is -0.722. The maximum absolute atomic E-state index is 12.3. The number of nitrogens with one attached hydrogen (secondary N) is 1. The van der Waals surface area contributed by atoms with Crippen LogP contribution in [0.4, 0.5) is 5.69 Å². The van der Waals surface area contributed by atoms with E-state index < -0.39 is 10.8 Å². The Bertz CT molecular complexity index is 666. The van der Waals surface area contributed by atoms with Gasteiger partial charge in [-0.15, -0.1) is 24.2 Å². The van der Waals surface area contributed by atoms with Gasteiger partial charge in [0.15, 0.2) is 0 Å². The zero-order valence-corrected chi connectivity index (χ0v) is 16.1. The van der Waals surface area contributed by atoms with Gasteiger partial charge in [0.1, 0.15) is 0 Å². The number of primary amides is 1. The third kappa shape index (κ3) is 5.86. The third-order valence-electron chi connectivity index (χ3n) is 4.25. The van der Waals surface area contributed by atoms with E-state index in [1.165, 1.54) is 12.1 Å². The molecular formula is C16H23ClN4O4S. The maximum Gasteiger partial charge on any atom is 0.283 e. The van der Waals surface area contributed by atoms with E-state index in [4.69, 9.17) is 5.73 Å². The minimum Gasteiger partial charge on any atom is -0.366 e. The highest BCUT2D eigenvalue weighted by Gasteiger charge is 2.23. The van der Waals surface area contributed by atoms with Crippen LogP contribution in [0.5, 0.6) is 0 Å². The second-order valence-corrected chi connectivity index (χ2v) is 6.99. The van der Waals surface area contributed by atoms with Crippen LogP contribution in [-0.2, 0) is 4.79 Å². The molecular weight excluding hydrogens is 380 g/mol. The summed E-state index contributed by atoms with van der Waals surface area (Å²) in [6.45, 7) is 2.39. The van der Waals surface area contributed by atoms with Crippen molar-refractivity contribution in [3.05, 3.63) is 33.9 Å². The Morgan fingerprint density at radius 3 is 2.58 bits per heavy atom. The van der Waals surface area contributed by atoms with Crippen LogP contribution >= 0.6 is 24.2 Å². The quantitative estimate of drug-likeness (QED) is 0.406.